The van der Waals surface area contributed by atoms with Crippen molar-refractivity contribution in [1.82, 2.24) is 0 Å². The molecule has 0 atom stereocenters. The second kappa shape index (κ2) is 7.21. The van der Waals surface area contributed by atoms with Gasteiger partial charge in [0.25, 0.3) is 5.69 Å². The van der Waals surface area contributed by atoms with E-state index in [1.165, 1.54) is 24.3 Å². The Labute approximate surface area is 127 Å². The van der Waals surface area contributed by atoms with Gasteiger partial charge in [0.15, 0.2) is 5.78 Å². The fourth-order valence-electron chi connectivity index (χ4n) is 1.97. The van der Waals surface area contributed by atoms with Gasteiger partial charge in [-0.2, -0.15) is 0 Å². The summed E-state index contributed by atoms with van der Waals surface area (Å²) in [5.74, 6) is 0.678. The number of ether oxygens (including phenoxy) is 1. The Kier molecular flexibility index (Phi) is 5.08. The molecule has 0 bridgehead atoms. The SMILES string of the molecule is COc1cccc(NCCC(=O)c2ccc([N+](=O)[O-])cc2)c1. The van der Waals surface area contributed by atoms with E-state index in [0.29, 0.717) is 18.5 Å². The van der Waals surface area contributed by atoms with Gasteiger partial charge in [-0.3, -0.25) is 14.9 Å². The number of hydrogen-bond donors (Lipinski definition) is 1. The first-order valence-corrected chi connectivity index (χ1v) is 6.76. The van der Waals surface area contributed by atoms with Crippen molar-refractivity contribution in [3.05, 3.63) is 64.2 Å². The topological polar surface area (TPSA) is 81.5 Å². The molecule has 0 aliphatic carbocycles. The highest BCUT2D eigenvalue weighted by Gasteiger charge is 2.09. The Morgan fingerprint density at radius 3 is 2.59 bits per heavy atom. The molecule has 0 heterocycles. The van der Waals surface area contributed by atoms with Gasteiger partial charge in [0.2, 0.25) is 0 Å². The number of nitrogens with one attached hydrogen (secondary N) is 1. The number of benzene rings is 2. The van der Waals surface area contributed by atoms with Crippen molar-refractivity contribution in [3.8, 4) is 5.75 Å². The normalized spacial score (nSPS) is 10.0. The van der Waals surface area contributed by atoms with Crippen LogP contribution in [-0.4, -0.2) is 24.4 Å². The van der Waals surface area contributed by atoms with Crippen molar-refractivity contribution in [2.45, 2.75) is 6.42 Å². The van der Waals surface area contributed by atoms with E-state index in [-0.39, 0.29) is 11.5 Å². The zero-order chi connectivity index (χ0) is 15.9. The fraction of sp³-hybridized carbons (Fsp3) is 0.188. The van der Waals surface area contributed by atoms with Crippen LogP contribution in [0.4, 0.5) is 11.4 Å². The molecule has 0 aromatic heterocycles. The maximum Gasteiger partial charge on any atom is 0.269 e. The van der Waals surface area contributed by atoms with E-state index >= 15 is 0 Å². The van der Waals surface area contributed by atoms with Gasteiger partial charge in [-0.25, -0.2) is 0 Å². The molecule has 0 unspecified atom stereocenters. The van der Waals surface area contributed by atoms with E-state index in [1.54, 1.807) is 7.11 Å². The molecular weight excluding hydrogens is 284 g/mol. The number of hydrogen-bond acceptors (Lipinski definition) is 5. The molecule has 0 radical (unpaired) electrons. The summed E-state index contributed by atoms with van der Waals surface area (Å²) in [6, 6.07) is 13.1. The second-order valence-corrected chi connectivity index (χ2v) is 4.64. The van der Waals surface area contributed by atoms with Crippen molar-refractivity contribution in [2.24, 2.45) is 0 Å². The first kappa shape index (κ1) is 15.5. The molecule has 0 saturated carbocycles. The summed E-state index contributed by atoms with van der Waals surface area (Å²) in [5, 5.41) is 13.7. The smallest absolute Gasteiger partial charge is 0.269 e. The van der Waals surface area contributed by atoms with Crippen LogP contribution in [0.2, 0.25) is 0 Å². The zero-order valence-electron chi connectivity index (χ0n) is 12.1. The highest BCUT2D eigenvalue weighted by Crippen LogP contribution is 2.17. The number of nitro groups is 1. The second-order valence-electron chi connectivity index (χ2n) is 4.64. The lowest BCUT2D eigenvalue weighted by Crippen LogP contribution is -2.09. The lowest BCUT2D eigenvalue weighted by molar-refractivity contribution is -0.384. The third-order valence-electron chi connectivity index (χ3n) is 3.15. The van der Waals surface area contributed by atoms with Crippen molar-refractivity contribution < 1.29 is 14.5 Å². The molecule has 0 saturated heterocycles. The van der Waals surface area contributed by atoms with E-state index in [2.05, 4.69) is 5.32 Å². The van der Waals surface area contributed by atoms with Crippen LogP contribution in [0.15, 0.2) is 48.5 Å². The van der Waals surface area contributed by atoms with Gasteiger partial charge in [-0.15, -0.1) is 0 Å². The van der Waals surface area contributed by atoms with E-state index in [4.69, 9.17) is 4.74 Å². The Morgan fingerprint density at radius 2 is 1.95 bits per heavy atom. The number of non-ortho nitro benzene ring substituents is 1. The Bertz CT molecular complexity index is 668. The van der Waals surface area contributed by atoms with Gasteiger partial charge in [0.1, 0.15) is 5.75 Å². The average molecular weight is 300 g/mol. The third kappa shape index (κ3) is 4.05. The molecule has 1 N–H and O–H groups in total. The molecule has 0 aliphatic heterocycles. The zero-order valence-corrected chi connectivity index (χ0v) is 12.1. The molecule has 6 heteroatoms. The summed E-state index contributed by atoms with van der Waals surface area (Å²) in [6.45, 7) is 0.475. The van der Waals surface area contributed by atoms with E-state index < -0.39 is 4.92 Å². The van der Waals surface area contributed by atoms with Gasteiger partial charge in [-0.05, 0) is 24.3 Å². The number of nitrogens with zero attached hydrogens (tertiary/aromatic N) is 1. The molecule has 0 spiro atoms. The van der Waals surface area contributed by atoms with Gasteiger partial charge in [-0.1, -0.05) is 6.07 Å². The Hall–Kier alpha value is -2.89. The number of Topliss-reactive ketones (excluding diaryl/α,β-unsaturated/α-hetero) is 1. The minimum atomic E-state index is -0.487. The lowest BCUT2D eigenvalue weighted by atomic mass is 10.1. The summed E-state index contributed by atoms with van der Waals surface area (Å²) < 4.78 is 5.12. The molecule has 6 nitrogen and oxygen atoms in total. The molecular formula is C16H16N2O4. The van der Waals surface area contributed by atoms with Gasteiger partial charge >= 0.3 is 0 Å². The predicted octanol–water partition coefficient (Wildman–Crippen LogP) is 3.29. The number of rotatable bonds is 7. The van der Waals surface area contributed by atoms with Gasteiger partial charge < -0.3 is 10.1 Å². The highest BCUT2D eigenvalue weighted by atomic mass is 16.6. The summed E-state index contributed by atoms with van der Waals surface area (Å²) in [4.78, 5) is 22.1. The number of anilines is 1. The molecule has 22 heavy (non-hydrogen) atoms. The third-order valence-corrected chi connectivity index (χ3v) is 3.15. The van der Waals surface area contributed by atoms with Crippen LogP contribution in [0.3, 0.4) is 0 Å². The molecule has 0 aliphatic rings. The lowest BCUT2D eigenvalue weighted by Gasteiger charge is -2.07. The van der Waals surface area contributed by atoms with Gasteiger partial charge in [0.05, 0.1) is 12.0 Å². The van der Waals surface area contributed by atoms with Crippen LogP contribution in [0, 0.1) is 10.1 Å². The van der Waals surface area contributed by atoms with Crippen LogP contribution in [0.1, 0.15) is 16.8 Å². The van der Waals surface area contributed by atoms with E-state index in [9.17, 15) is 14.9 Å². The minimum Gasteiger partial charge on any atom is -0.497 e. The number of carbonyl (C=O) groups is 1. The van der Waals surface area contributed by atoms with Crippen LogP contribution >= 0.6 is 0 Å². The minimum absolute atomic E-state index is 0.0222. The molecule has 0 amide bonds. The maximum absolute atomic E-state index is 12.0. The Morgan fingerprint density at radius 1 is 1.23 bits per heavy atom. The van der Waals surface area contributed by atoms with Crippen LogP contribution < -0.4 is 10.1 Å². The van der Waals surface area contributed by atoms with Crippen molar-refractivity contribution >= 4 is 17.2 Å². The number of nitro benzene ring substituents is 1. The van der Waals surface area contributed by atoms with Crippen LogP contribution in [0.5, 0.6) is 5.75 Å². The summed E-state index contributed by atoms with van der Waals surface area (Å²) in [5.41, 5.74) is 1.32. The maximum atomic E-state index is 12.0. The van der Waals surface area contributed by atoms with Crippen molar-refractivity contribution in [2.75, 3.05) is 19.0 Å². The average Bonchev–Trinajstić information content (AvgIpc) is 2.55. The van der Waals surface area contributed by atoms with Crippen LogP contribution in [-0.2, 0) is 0 Å². The summed E-state index contributed by atoms with van der Waals surface area (Å²) >= 11 is 0. The standard InChI is InChI=1S/C16H16N2O4/c1-22-15-4-2-3-13(11-15)17-10-9-16(19)12-5-7-14(8-6-12)18(20)21/h2-8,11,17H,9-10H2,1H3. The quantitative estimate of drug-likeness (QED) is 0.482. The first-order valence-electron chi connectivity index (χ1n) is 6.76. The fourth-order valence-corrected chi connectivity index (χ4v) is 1.97. The largest absolute Gasteiger partial charge is 0.497 e. The van der Waals surface area contributed by atoms with E-state index in [0.717, 1.165) is 11.4 Å². The first-order chi connectivity index (χ1) is 10.6. The Balaban J connectivity index is 1.88. The van der Waals surface area contributed by atoms with Crippen molar-refractivity contribution in [3.63, 3.8) is 0 Å². The van der Waals surface area contributed by atoms with Gasteiger partial charge in [0, 0.05) is 42.4 Å². The van der Waals surface area contributed by atoms with E-state index in [1.807, 2.05) is 24.3 Å². The van der Waals surface area contributed by atoms with Crippen molar-refractivity contribution in [1.29, 1.82) is 0 Å². The molecule has 2 aromatic rings. The summed E-state index contributed by atoms with van der Waals surface area (Å²) in [7, 11) is 1.59. The number of carbonyl (C=O) groups excluding carboxylic acids is 1. The molecule has 0 fully saturated rings. The molecule has 114 valence electrons. The predicted molar refractivity (Wildman–Crippen MR) is 83.5 cm³/mol. The number of methoxy groups -OCH3 is 1. The monoisotopic (exact) mass is 300 g/mol. The highest BCUT2D eigenvalue weighted by molar-refractivity contribution is 5.96. The molecule has 2 rings (SSSR count). The summed E-state index contributed by atoms with van der Waals surface area (Å²) in [6.07, 6.45) is 0.301. The molecule has 2 aromatic carbocycles. The van der Waals surface area contributed by atoms with Crippen LogP contribution in [0.25, 0.3) is 0 Å². The number of ketones is 1.